The zero-order chi connectivity index (χ0) is 13.9. The molecule has 0 saturated carbocycles. The van der Waals surface area contributed by atoms with E-state index in [0.717, 1.165) is 5.56 Å². The van der Waals surface area contributed by atoms with E-state index in [1.807, 2.05) is 6.07 Å². The molecule has 1 aliphatic rings. The molecule has 1 N–H and O–H groups in total. The quantitative estimate of drug-likeness (QED) is 0.871. The summed E-state index contributed by atoms with van der Waals surface area (Å²) in [6.07, 6.45) is 3.69. The van der Waals surface area contributed by atoms with Crippen molar-refractivity contribution in [2.24, 2.45) is 5.92 Å². The standard InChI is InChI=1S/C13H14N4O3/c18-8-9-4-12(19)17(6-9)7-11-15-13(16-20-11)10-2-1-3-14-5-10/h1-3,5,9,18H,4,6-8H2. The van der Waals surface area contributed by atoms with Crippen LogP contribution in [0.25, 0.3) is 11.4 Å². The first-order valence-corrected chi connectivity index (χ1v) is 6.38. The lowest BCUT2D eigenvalue weighted by molar-refractivity contribution is -0.128. The average Bonchev–Trinajstić information content (AvgIpc) is 3.08. The van der Waals surface area contributed by atoms with Crippen molar-refractivity contribution in [3.8, 4) is 11.4 Å². The number of rotatable bonds is 4. The molecule has 2 aromatic heterocycles. The van der Waals surface area contributed by atoms with E-state index in [-0.39, 0.29) is 25.0 Å². The van der Waals surface area contributed by atoms with Gasteiger partial charge in [0, 0.05) is 43.4 Å². The van der Waals surface area contributed by atoms with Crippen molar-refractivity contribution in [2.75, 3.05) is 13.2 Å². The van der Waals surface area contributed by atoms with Crippen molar-refractivity contribution in [1.82, 2.24) is 20.0 Å². The molecule has 0 radical (unpaired) electrons. The van der Waals surface area contributed by atoms with Crippen molar-refractivity contribution < 1.29 is 14.4 Å². The maximum atomic E-state index is 11.7. The molecule has 1 aliphatic heterocycles. The molecular weight excluding hydrogens is 260 g/mol. The second-order valence-electron chi connectivity index (χ2n) is 4.78. The van der Waals surface area contributed by atoms with Crippen LogP contribution in [0.4, 0.5) is 0 Å². The number of aliphatic hydroxyl groups is 1. The molecule has 0 aliphatic carbocycles. The summed E-state index contributed by atoms with van der Waals surface area (Å²) in [5, 5.41) is 13.0. The molecule has 1 fully saturated rings. The first-order valence-electron chi connectivity index (χ1n) is 6.38. The molecule has 7 heteroatoms. The maximum Gasteiger partial charge on any atom is 0.246 e. The molecule has 1 saturated heterocycles. The van der Waals surface area contributed by atoms with Crippen LogP contribution in [0.5, 0.6) is 0 Å². The number of nitrogens with zero attached hydrogens (tertiary/aromatic N) is 4. The molecule has 1 atom stereocenters. The summed E-state index contributed by atoms with van der Waals surface area (Å²) in [5.41, 5.74) is 0.767. The van der Waals surface area contributed by atoms with Crippen molar-refractivity contribution in [3.63, 3.8) is 0 Å². The van der Waals surface area contributed by atoms with Gasteiger partial charge in [0.2, 0.25) is 17.6 Å². The van der Waals surface area contributed by atoms with Gasteiger partial charge in [0.25, 0.3) is 0 Å². The SMILES string of the molecule is O=C1CC(CO)CN1Cc1nc(-c2cccnc2)no1. The summed E-state index contributed by atoms with van der Waals surface area (Å²) in [6.45, 7) is 0.829. The number of carbonyl (C=O) groups excluding carboxylic acids is 1. The number of aromatic nitrogens is 3. The van der Waals surface area contributed by atoms with Crippen molar-refractivity contribution in [3.05, 3.63) is 30.4 Å². The minimum absolute atomic E-state index is 0.00298. The van der Waals surface area contributed by atoms with E-state index in [1.54, 1.807) is 23.4 Å². The van der Waals surface area contributed by atoms with Gasteiger partial charge in [0.05, 0.1) is 6.54 Å². The second-order valence-corrected chi connectivity index (χ2v) is 4.78. The number of hydrogen-bond acceptors (Lipinski definition) is 6. The van der Waals surface area contributed by atoms with Crippen LogP contribution >= 0.6 is 0 Å². The van der Waals surface area contributed by atoms with Gasteiger partial charge in [-0.15, -0.1) is 0 Å². The highest BCUT2D eigenvalue weighted by atomic mass is 16.5. The zero-order valence-corrected chi connectivity index (χ0v) is 10.8. The molecule has 7 nitrogen and oxygen atoms in total. The molecular formula is C13H14N4O3. The minimum Gasteiger partial charge on any atom is -0.396 e. The number of hydrogen-bond donors (Lipinski definition) is 1. The fourth-order valence-corrected chi connectivity index (χ4v) is 2.22. The Hall–Kier alpha value is -2.28. The lowest BCUT2D eigenvalue weighted by Crippen LogP contribution is -2.25. The van der Waals surface area contributed by atoms with Crippen molar-refractivity contribution >= 4 is 5.91 Å². The largest absolute Gasteiger partial charge is 0.396 e. The van der Waals surface area contributed by atoms with Gasteiger partial charge < -0.3 is 14.5 Å². The van der Waals surface area contributed by atoms with E-state index in [1.165, 1.54) is 0 Å². The Labute approximate surface area is 115 Å². The highest BCUT2D eigenvalue weighted by Gasteiger charge is 2.30. The molecule has 0 spiro atoms. The molecule has 2 aromatic rings. The molecule has 0 aromatic carbocycles. The fraction of sp³-hybridized carbons (Fsp3) is 0.385. The van der Waals surface area contributed by atoms with Gasteiger partial charge in [-0.25, -0.2) is 0 Å². The Bertz CT molecular complexity index is 599. The summed E-state index contributed by atoms with van der Waals surface area (Å²) in [4.78, 5) is 21.6. The Morgan fingerprint density at radius 2 is 2.40 bits per heavy atom. The van der Waals surface area contributed by atoms with Gasteiger partial charge in [0.1, 0.15) is 0 Å². The third-order valence-electron chi connectivity index (χ3n) is 3.27. The number of carbonyl (C=O) groups is 1. The zero-order valence-electron chi connectivity index (χ0n) is 10.8. The minimum atomic E-state index is 0.00298. The van der Waals surface area contributed by atoms with Crippen LogP contribution < -0.4 is 0 Å². The number of aliphatic hydroxyl groups excluding tert-OH is 1. The van der Waals surface area contributed by atoms with Crippen LogP contribution in [-0.2, 0) is 11.3 Å². The van der Waals surface area contributed by atoms with Gasteiger partial charge in [-0.05, 0) is 12.1 Å². The van der Waals surface area contributed by atoms with E-state index >= 15 is 0 Å². The normalized spacial score (nSPS) is 18.8. The predicted octanol–water partition coefficient (Wildman–Crippen LogP) is 0.472. The van der Waals surface area contributed by atoms with Crippen LogP contribution in [0.1, 0.15) is 12.3 Å². The summed E-state index contributed by atoms with van der Waals surface area (Å²) in [5.74, 6) is 0.850. The highest BCUT2D eigenvalue weighted by molar-refractivity contribution is 5.78. The average molecular weight is 274 g/mol. The topological polar surface area (TPSA) is 92.3 Å². The summed E-state index contributed by atoms with van der Waals surface area (Å²) in [6, 6.07) is 3.63. The summed E-state index contributed by atoms with van der Waals surface area (Å²) in [7, 11) is 0. The van der Waals surface area contributed by atoms with Gasteiger partial charge >= 0.3 is 0 Å². The molecule has 1 amide bonds. The lowest BCUT2D eigenvalue weighted by Gasteiger charge is -2.12. The van der Waals surface area contributed by atoms with Crippen molar-refractivity contribution in [1.29, 1.82) is 0 Å². The van der Waals surface area contributed by atoms with E-state index in [4.69, 9.17) is 9.63 Å². The van der Waals surface area contributed by atoms with Gasteiger partial charge in [-0.1, -0.05) is 5.16 Å². The van der Waals surface area contributed by atoms with E-state index in [0.29, 0.717) is 24.7 Å². The monoisotopic (exact) mass is 274 g/mol. The first-order chi connectivity index (χ1) is 9.76. The van der Waals surface area contributed by atoms with Crippen LogP contribution in [-0.4, -0.2) is 44.2 Å². The second kappa shape index (κ2) is 5.38. The smallest absolute Gasteiger partial charge is 0.246 e. The molecule has 104 valence electrons. The lowest BCUT2D eigenvalue weighted by atomic mass is 10.1. The third-order valence-corrected chi connectivity index (χ3v) is 3.27. The van der Waals surface area contributed by atoms with E-state index in [2.05, 4.69) is 15.1 Å². The molecule has 1 unspecified atom stereocenters. The van der Waals surface area contributed by atoms with Crippen LogP contribution in [0.3, 0.4) is 0 Å². The maximum absolute atomic E-state index is 11.7. The fourth-order valence-electron chi connectivity index (χ4n) is 2.22. The van der Waals surface area contributed by atoms with E-state index < -0.39 is 0 Å². The molecule has 20 heavy (non-hydrogen) atoms. The Morgan fingerprint density at radius 3 is 3.10 bits per heavy atom. The third kappa shape index (κ3) is 2.53. The van der Waals surface area contributed by atoms with E-state index in [9.17, 15) is 4.79 Å². The number of amides is 1. The summed E-state index contributed by atoms with van der Waals surface area (Å²) < 4.78 is 5.15. The van der Waals surface area contributed by atoms with Gasteiger partial charge in [0.15, 0.2) is 0 Å². The summed E-state index contributed by atoms with van der Waals surface area (Å²) >= 11 is 0. The van der Waals surface area contributed by atoms with Crippen LogP contribution in [0, 0.1) is 5.92 Å². The van der Waals surface area contributed by atoms with Gasteiger partial charge in [-0.2, -0.15) is 4.98 Å². The first kappa shape index (κ1) is 12.7. The number of likely N-dealkylation sites (tertiary alicyclic amines) is 1. The number of pyridine rings is 1. The Kier molecular flexibility index (Phi) is 3.42. The Balaban J connectivity index is 1.71. The van der Waals surface area contributed by atoms with Crippen LogP contribution in [0.2, 0.25) is 0 Å². The molecule has 3 heterocycles. The molecule has 0 bridgehead atoms. The highest BCUT2D eigenvalue weighted by Crippen LogP contribution is 2.20. The van der Waals surface area contributed by atoms with Gasteiger partial charge in [-0.3, -0.25) is 9.78 Å². The Morgan fingerprint density at radius 1 is 1.50 bits per heavy atom. The molecule has 3 rings (SSSR count). The van der Waals surface area contributed by atoms with Crippen LogP contribution in [0.15, 0.2) is 29.0 Å². The van der Waals surface area contributed by atoms with Crippen molar-refractivity contribution in [2.45, 2.75) is 13.0 Å². The predicted molar refractivity (Wildman–Crippen MR) is 68.1 cm³/mol.